The normalized spacial score (nSPS) is 14.2. The van der Waals surface area contributed by atoms with E-state index in [1.807, 2.05) is 0 Å². The third-order valence-corrected chi connectivity index (χ3v) is 5.31. The Bertz CT molecular complexity index is 857. The van der Waals surface area contributed by atoms with E-state index in [1.54, 1.807) is 5.38 Å². The topological polar surface area (TPSA) is 90.9 Å². The van der Waals surface area contributed by atoms with E-state index >= 15 is 0 Å². The summed E-state index contributed by atoms with van der Waals surface area (Å²) >= 11 is 1.21. The van der Waals surface area contributed by atoms with Gasteiger partial charge in [0.15, 0.2) is 11.5 Å². The van der Waals surface area contributed by atoms with Gasteiger partial charge in [-0.25, -0.2) is 4.98 Å². The first kappa shape index (κ1) is 19.5. The average molecular weight is 400 g/mol. The minimum Gasteiger partial charge on any atom is -0.370 e. The minimum absolute atomic E-state index is 0.109. The van der Waals surface area contributed by atoms with Crippen LogP contribution < -0.4 is 5.73 Å². The standard InChI is InChI=1S/C17H19F3N4O2S/c18-17(19,20)16-10-4-1-2-5-12(10)24(23-16)8-15-22-11(9-27-15)13(25)6-3-7-14(21)26/h9H,1-8H2,(H2,21,26). The van der Waals surface area contributed by atoms with Crippen molar-refractivity contribution in [1.82, 2.24) is 14.8 Å². The zero-order valence-electron chi connectivity index (χ0n) is 14.5. The Kier molecular flexibility index (Phi) is 5.64. The summed E-state index contributed by atoms with van der Waals surface area (Å²) in [5.41, 5.74) is 5.39. The second kappa shape index (κ2) is 7.79. The maximum atomic E-state index is 13.2. The van der Waals surface area contributed by atoms with Gasteiger partial charge in [-0.2, -0.15) is 18.3 Å². The molecule has 0 radical (unpaired) electrons. The molecule has 10 heteroatoms. The van der Waals surface area contributed by atoms with E-state index in [4.69, 9.17) is 5.73 Å². The number of carbonyl (C=O) groups is 2. The van der Waals surface area contributed by atoms with Crippen LogP contribution >= 0.6 is 11.3 Å². The number of amides is 1. The number of aromatic nitrogens is 3. The third-order valence-electron chi connectivity index (χ3n) is 4.47. The number of carbonyl (C=O) groups excluding carboxylic acids is 2. The molecular formula is C17H19F3N4O2S. The second-order valence-corrected chi connectivity index (χ2v) is 7.45. The highest BCUT2D eigenvalue weighted by atomic mass is 32.1. The van der Waals surface area contributed by atoms with Gasteiger partial charge < -0.3 is 5.73 Å². The quantitative estimate of drug-likeness (QED) is 0.723. The number of primary amides is 1. The molecule has 2 heterocycles. The van der Waals surface area contributed by atoms with Gasteiger partial charge in [-0.3, -0.25) is 14.3 Å². The minimum atomic E-state index is -4.48. The third kappa shape index (κ3) is 4.55. The lowest BCUT2D eigenvalue weighted by molar-refractivity contribution is -0.142. The molecule has 0 aliphatic heterocycles. The lowest BCUT2D eigenvalue weighted by atomic mass is 9.95. The van der Waals surface area contributed by atoms with E-state index in [0.717, 1.165) is 12.8 Å². The molecule has 0 atom stereocenters. The van der Waals surface area contributed by atoms with Crippen LogP contribution in [0.15, 0.2) is 5.38 Å². The van der Waals surface area contributed by atoms with E-state index in [1.165, 1.54) is 16.0 Å². The van der Waals surface area contributed by atoms with Crippen molar-refractivity contribution in [2.75, 3.05) is 0 Å². The molecule has 0 bridgehead atoms. The summed E-state index contributed by atoms with van der Waals surface area (Å²) < 4.78 is 41.1. The first-order valence-corrected chi connectivity index (χ1v) is 9.55. The number of fused-ring (bicyclic) bond motifs is 1. The molecule has 27 heavy (non-hydrogen) atoms. The molecule has 1 aliphatic rings. The number of hydrogen-bond donors (Lipinski definition) is 1. The molecule has 0 aromatic carbocycles. The zero-order chi connectivity index (χ0) is 19.6. The Labute approximate surface area is 157 Å². The van der Waals surface area contributed by atoms with Gasteiger partial charge in [-0.15, -0.1) is 11.3 Å². The first-order valence-electron chi connectivity index (χ1n) is 8.67. The molecule has 1 amide bonds. The number of Topliss-reactive ketones (excluding diaryl/α,β-unsaturated/α-hetero) is 1. The van der Waals surface area contributed by atoms with Crippen molar-refractivity contribution < 1.29 is 22.8 Å². The second-order valence-electron chi connectivity index (χ2n) is 6.51. The number of halogens is 3. The van der Waals surface area contributed by atoms with Gasteiger partial charge in [0, 0.05) is 29.5 Å². The van der Waals surface area contributed by atoms with Crippen molar-refractivity contribution in [3.05, 3.63) is 33.0 Å². The lowest BCUT2D eigenvalue weighted by Gasteiger charge is -2.14. The molecule has 3 rings (SSSR count). The molecule has 0 unspecified atom stereocenters. The number of nitrogens with zero attached hydrogens (tertiary/aromatic N) is 3. The number of nitrogens with two attached hydrogens (primary N) is 1. The fraction of sp³-hybridized carbons (Fsp3) is 0.529. The lowest BCUT2D eigenvalue weighted by Crippen LogP contribution is -2.11. The Morgan fingerprint density at radius 2 is 1.96 bits per heavy atom. The summed E-state index contributed by atoms with van der Waals surface area (Å²) in [5.74, 6) is -0.678. The van der Waals surface area contributed by atoms with Crippen molar-refractivity contribution in [1.29, 1.82) is 0 Å². The zero-order valence-corrected chi connectivity index (χ0v) is 15.3. The summed E-state index contributed by atoms with van der Waals surface area (Å²) in [4.78, 5) is 27.0. The summed E-state index contributed by atoms with van der Waals surface area (Å²) in [6.45, 7) is 0.109. The van der Waals surface area contributed by atoms with Crippen LogP contribution in [0.25, 0.3) is 0 Å². The van der Waals surface area contributed by atoms with Gasteiger partial charge in [0.2, 0.25) is 5.91 Å². The average Bonchev–Trinajstić information content (AvgIpc) is 3.20. The Balaban J connectivity index is 1.75. The molecule has 146 valence electrons. The SMILES string of the molecule is NC(=O)CCCC(=O)c1csc(Cn2nc(C(F)(F)F)c3c2CCCC3)n1. The highest BCUT2D eigenvalue weighted by Crippen LogP contribution is 2.36. The maximum absolute atomic E-state index is 13.2. The maximum Gasteiger partial charge on any atom is 0.435 e. The smallest absolute Gasteiger partial charge is 0.370 e. The van der Waals surface area contributed by atoms with Gasteiger partial charge in [-0.05, 0) is 32.1 Å². The van der Waals surface area contributed by atoms with Crippen LogP contribution in [0, 0.1) is 0 Å². The Morgan fingerprint density at radius 3 is 2.67 bits per heavy atom. The number of hydrogen-bond acceptors (Lipinski definition) is 5. The molecule has 1 aliphatic carbocycles. The van der Waals surface area contributed by atoms with E-state index in [0.29, 0.717) is 30.0 Å². The number of thiazole rings is 1. The van der Waals surface area contributed by atoms with Crippen LogP contribution in [-0.2, 0) is 30.4 Å². The molecule has 0 fully saturated rings. The summed E-state index contributed by atoms with van der Waals surface area (Å²) in [6, 6.07) is 0. The Hall–Kier alpha value is -2.23. The van der Waals surface area contributed by atoms with E-state index in [2.05, 4.69) is 10.1 Å². The molecule has 2 aromatic rings. The van der Waals surface area contributed by atoms with Gasteiger partial charge in [-0.1, -0.05) is 0 Å². The predicted molar refractivity (Wildman–Crippen MR) is 92.5 cm³/mol. The predicted octanol–water partition coefficient (Wildman–Crippen LogP) is 3.12. The van der Waals surface area contributed by atoms with Gasteiger partial charge in [0.1, 0.15) is 10.7 Å². The van der Waals surface area contributed by atoms with E-state index < -0.39 is 17.8 Å². The highest BCUT2D eigenvalue weighted by molar-refractivity contribution is 7.09. The largest absolute Gasteiger partial charge is 0.435 e. The van der Waals surface area contributed by atoms with Crippen LogP contribution in [0.2, 0.25) is 0 Å². The van der Waals surface area contributed by atoms with Crippen LogP contribution in [0.4, 0.5) is 13.2 Å². The molecule has 0 saturated heterocycles. The van der Waals surface area contributed by atoms with Crippen molar-refractivity contribution in [2.24, 2.45) is 5.73 Å². The Morgan fingerprint density at radius 1 is 1.22 bits per heavy atom. The van der Waals surface area contributed by atoms with Gasteiger partial charge in [0.05, 0.1) is 6.54 Å². The highest BCUT2D eigenvalue weighted by Gasteiger charge is 2.39. The van der Waals surface area contributed by atoms with E-state index in [9.17, 15) is 22.8 Å². The van der Waals surface area contributed by atoms with Crippen molar-refractivity contribution in [2.45, 2.75) is 57.7 Å². The van der Waals surface area contributed by atoms with Crippen molar-refractivity contribution in [3.63, 3.8) is 0 Å². The van der Waals surface area contributed by atoms with Crippen LogP contribution in [-0.4, -0.2) is 26.5 Å². The monoisotopic (exact) mass is 400 g/mol. The fourth-order valence-corrected chi connectivity index (χ4v) is 4.00. The molecule has 6 nitrogen and oxygen atoms in total. The molecule has 0 saturated carbocycles. The summed E-state index contributed by atoms with van der Waals surface area (Å²) in [5, 5.41) is 5.92. The van der Waals surface area contributed by atoms with Gasteiger partial charge >= 0.3 is 6.18 Å². The van der Waals surface area contributed by atoms with Crippen LogP contribution in [0.5, 0.6) is 0 Å². The summed E-state index contributed by atoms with van der Waals surface area (Å²) in [6.07, 6.45) is -1.35. The molecule has 2 N–H and O–H groups in total. The van der Waals surface area contributed by atoms with Gasteiger partial charge in [0.25, 0.3) is 0 Å². The number of rotatable bonds is 7. The molecule has 2 aromatic heterocycles. The van der Waals surface area contributed by atoms with Crippen molar-refractivity contribution >= 4 is 23.0 Å². The van der Waals surface area contributed by atoms with E-state index in [-0.39, 0.29) is 36.4 Å². The fourth-order valence-electron chi connectivity index (χ4n) is 3.22. The molecular weight excluding hydrogens is 381 g/mol. The van der Waals surface area contributed by atoms with Crippen molar-refractivity contribution in [3.8, 4) is 0 Å². The molecule has 0 spiro atoms. The summed E-state index contributed by atoms with van der Waals surface area (Å²) in [7, 11) is 0. The first-order chi connectivity index (χ1) is 12.8. The van der Waals surface area contributed by atoms with Crippen LogP contribution in [0.3, 0.4) is 0 Å². The number of ketones is 1. The number of alkyl halides is 3. The van der Waals surface area contributed by atoms with Crippen LogP contribution in [0.1, 0.15) is 64.6 Å².